The molecule has 0 saturated carbocycles. The summed E-state index contributed by atoms with van der Waals surface area (Å²) >= 11 is 0. The molecule has 1 saturated heterocycles. The third-order valence-electron chi connectivity index (χ3n) is 4.32. The highest BCUT2D eigenvalue weighted by Crippen LogP contribution is 2.11. The van der Waals surface area contributed by atoms with Gasteiger partial charge >= 0.3 is 0 Å². The molecule has 0 aliphatic carbocycles. The Kier molecular flexibility index (Phi) is 5.28. The van der Waals surface area contributed by atoms with E-state index in [1.807, 2.05) is 12.3 Å². The summed E-state index contributed by atoms with van der Waals surface area (Å²) in [6.45, 7) is 5.83. The van der Waals surface area contributed by atoms with E-state index < -0.39 is 0 Å². The van der Waals surface area contributed by atoms with Crippen LogP contribution in [0.1, 0.15) is 23.5 Å². The lowest BCUT2D eigenvalue weighted by atomic mass is 10.1. The summed E-state index contributed by atoms with van der Waals surface area (Å²) in [7, 11) is 0. The van der Waals surface area contributed by atoms with Gasteiger partial charge in [-0.1, -0.05) is 0 Å². The van der Waals surface area contributed by atoms with Gasteiger partial charge in [0.05, 0.1) is 19.1 Å². The number of H-pyrrole nitrogens is 1. The summed E-state index contributed by atoms with van der Waals surface area (Å²) in [5, 5.41) is 4.19. The minimum atomic E-state index is -0.238. The zero-order chi connectivity index (χ0) is 17.8. The maximum atomic E-state index is 12.7. The van der Waals surface area contributed by atoms with Crippen molar-refractivity contribution < 1.29 is 9.53 Å². The number of aromatic nitrogens is 4. The van der Waals surface area contributed by atoms with Gasteiger partial charge in [-0.3, -0.25) is 14.3 Å². The Labute approximate surface area is 145 Å². The summed E-state index contributed by atoms with van der Waals surface area (Å²) < 4.78 is 7.64. The lowest BCUT2D eigenvalue weighted by Crippen LogP contribution is -2.40. The number of nitrogens with one attached hydrogen (secondary N) is 1. The molecule has 0 bridgehead atoms. The highest BCUT2D eigenvalue weighted by atomic mass is 16.5. The van der Waals surface area contributed by atoms with E-state index in [4.69, 9.17) is 4.74 Å². The Morgan fingerprint density at radius 3 is 3.00 bits per heavy atom. The highest BCUT2D eigenvalue weighted by Gasteiger charge is 2.24. The van der Waals surface area contributed by atoms with Crippen molar-refractivity contribution in [2.24, 2.45) is 0 Å². The molecule has 3 rings (SSSR count). The first-order valence-electron chi connectivity index (χ1n) is 8.46. The third-order valence-corrected chi connectivity index (χ3v) is 4.32. The summed E-state index contributed by atoms with van der Waals surface area (Å²) in [6, 6.07) is 1.86. The van der Waals surface area contributed by atoms with Crippen LogP contribution in [0, 0.1) is 13.8 Å². The summed E-state index contributed by atoms with van der Waals surface area (Å²) in [5.74, 6) is 0.483. The molecule has 2 aromatic rings. The number of hydrogen-bond donors (Lipinski definition) is 1. The van der Waals surface area contributed by atoms with Gasteiger partial charge in [-0.2, -0.15) is 5.10 Å². The fourth-order valence-electron chi connectivity index (χ4n) is 3.07. The van der Waals surface area contributed by atoms with Crippen LogP contribution in [-0.2, 0) is 22.5 Å². The zero-order valence-electron chi connectivity index (χ0n) is 14.6. The number of nitrogens with zero attached hydrogens (tertiary/aromatic N) is 4. The molecule has 134 valence electrons. The summed E-state index contributed by atoms with van der Waals surface area (Å²) in [5.41, 5.74) is 0.802. The molecule has 2 aromatic heterocycles. The number of aromatic amines is 1. The predicted octanol–water partition coefficient (Wildman–Crippen LogP) is 0.443. The van der Waals surface area contributed by atoms with Crippen molar-refractivity contribution in [1.82, 2.24) is 24.6 Å². The Morgan fingerprint density at radius 1 is 1.44 bits per heavy atom. The Hall–Kier alpha value is -2.48. The lowest BCUT2D eigenvalue weighted by Gasteiger charge is -2.24. The van der Waals surface area contributed by atoms with Crippen molar-refractivity contribution in [3.05, 3.63) is 45.9 Å². The van der Waals surface area contributed by atoms with Crippen molar-refractivity contribution in [3.63, 3.8) is 0 Å². The molecule has 1 amide bonds. The molecule has 25 heavy (non-hydrogen) atoms. The van der Waals surface area contributed by atoms with Crippen LogP contribution in [0.4, 0.5) is 0 Å². The van der Waals surface area contributed by atoms with E-state index in [9.17, 15) is 9.59 Å². The molecule has 0 radical (unpaired) electrons. The van der Waals surface area contributed by atoms with Gasteiger partial charge < -0.3 is 14.6 Å². The molecule has 0 aromatic carbocycles. The molecule has 1 atom stereocenters. The fourth-order valence-corrected chi connectivity index (χ4v) is 3.07. The van der Waals surface area contributed by atoms with Crippen molar-refractivity contribution in [2.45, 2.75) is 39.3 Å². The topological polar surface area (TPSA) is 93.1 Å². The van der Waals surface area contributed by atoms with Crippen LogP contribution in [-0.4, -0.2) is 56.4 Å². The second-order valence-electron chi connectivity index (χ2n) is 6.31. The molecule has 8 heteroatoms. The first kappa shape index (κ1) is 17.3. The van der Waals surface area contributed by atoms with E-state index in [0.717, 1.165) is 6.42 Å². The number of hydrogen-bond acceptors (Lipinski definition) is 5. The van der Waals surface area contributed by atoms with Gasteiger partial charge in [-0.05, 0) is 26.3 Å². The van der Waals surface area contributed by atoms with Crippen LogP contribution in [0.2, 0.25) is 0 Å². The normalized spacial score (nSPS) is 18.2. The van der Waals surface area contributed by atoms with Gasteiger partial charge in [0.2, 0.25) is 5.91 Å². The Morgan fingerprint density at radius 2 is 2.28 bits per heavy atom. The number of ether oxygens (including phenoxy) is 1. The average molecular weight is 345 g/mol. The van der Waals surface area contributed by atoms with Gasteiger partial charge in [0.25, 0.3) is 5.56 Å². The maximum Gasteiger partial charge on any atom is 0.254 e. The van der Waals surface area contributed by atoms with E-state index in [1.54, 1.807) is 29.6 Å². The third kappa shape index (κ3) is 4.33. The molecule has 1 aliphatic rings. The van der Waals surface area contributed by atoms with Crippen LogP contribution in [0.15, 0.2) is 23.3 Å². The Balaban J connectivity index is 1.69. The lowest BCUT2D eigenvalue weighted by molar-refractivity contribution is -0.131. The van der Waals surface area contributed by atoms with Crippen LogP contribution < -0.4 is 5.56 Å². The van der Waals surface area contributed by atoms with Gasteiger partial charge in [0, 0.05) is 43.3 Å². The van der Waals surface area contributed by atoms with Gasteiger partial charge in [0.15, 0.2) is 0 Å². The van der Waals surface area contributed by atoms with E-state index in [2.05, 4.69) is 15.1 Å². The first-order valence-corrected chi connectivity index (χ1v) is 8.46. The van der Waals surface area contributed by atoms with Crippen molar-refractivity contribution in [1.29, 1.82) is 0 Å². The first-order chi connectivity index (χ1) is 12.0. The van der Waals surface area contributed by atoms with Crippen LogP contribution in [0.25, 0.3) is 0 Å². The maximum absolute atomic E-state index is 12.7. The summed E-state index contributed by atoms with van der Waals surface area (Å²) in [4.78, 5) is 33.5. The quantitative estimate of drug-likeness (QED) is 0.868. The standard InChI is InChI=1S/C17H23N5O3/c1-12-15(17(24)20-13(2)19-12)9-16(23)21-6-4-8-25-14(10-21)11-22-7-3-5-18-22/h3,5,7,14H,4,6,8-11H2,1-2H3,(H,19,20,24)/t14-/m0/s1. The molecule has 3 heterocycles. The molecular weight excluding hydrogens is 322 g/mol. The summed E-state index contributed by atoms with van der Waals surface area (Å²) in [6.07, 6.45) is 4.33. The van der Waals surface area contributed by atoms with E-state index in [0.29, 0.717) is 43.3 Å². The molecule has 1 aliphatic heterocycles. The van der Waals surface area contributed by atoms with Crippen molar-refractivity contribution in [3.8, 4) is 0 Å². The van der Waals surface area contributed by atoms with Crippen LogP contribution in [0.3, 0.4) is 0 Å². The monoisotopic (exact) mass is 345 g/mol. The van der Waals surface area contributed by atoms with Gasteiger partial charge in [-0.25, -0.2) is 4.98 Å². The minimum absolute atomic E-state index is 0.0585. The second kappa shape index (κ2) is 7.60. The van der Waals surface area contributed by atoms with Crippen molar-refractivity contribution >= 4 is 5.91 Å². The Bertz CT molecular complexity index is 784. The average Bonchev–Trinajstić information content (AvgIpc) is 2.94. The molecule has 1 fully saturated rings. The van der Waals surface area contributed by atoms with Crippen LogP contribution >= 0.6 is 0 Å². The molecule has 8 nitrogen and oxygen atoms in total. The predicted molar refractivity (Wildman–Crippen MR) is 91.2 cm³/mol. The fraction of sp³-hybridized carbons (Fsp3) is 0.529. The number of carbonyl (C=O) groups excluding carboxylic acids is 1. The minimum Gasteiger partial charge on any atom is -0.374 e. The number of amides is 1. The van der Waals surface area contributed by atoms with Crippen LogP contribution in [0.5, 0.6) is 0 Å². The number of carbonyl (C=O) groups is 1. The largest absolute Gasteiger partial charge is 0.374 e. The van der Waals surface area contributed by atoms with E-state index in [1.165, 1.54) is 0 Å². The molecule has 0 spiro atoms. The number of aryl methyl sites for hydroxylation is 2. The van der Waals surface area contributed by atoms with Gasteiger partial charge in [-0.15, -0.1) is 0 Å². The van der Waals surface area contributed by atoms with E-state index >= 15 is 0 Å². The zero-order valence-corrected chi connectivity index (χ0v) is 14.6. The molecule has 1 N–H and O–H groups in total. The second-order valence-corrected chi connectivity index (χ2v) is 6.31. The number of rotatable bonds is 4. The molecular formula is C17H23N5O3. The molecule has 0 unspecified atom stereocenters. The van der Waals surface area contributed by atoms with Crippen molar-refractivity contribution in [2.75, 3.05) is 19.7 Å². The highest BCUT2D eigenvalue weighted by molar-refractivity contribution is 5.79. The SMILES string of the molecule is Cc1nc(C)c(CC(=O)N2CCCO[C@H](Cn3cccn3)C2)c(=O)[nH]1. The van der Waals surface area contributed by atoms with Gasteiger partial charge in [0.1, 0.15) is 5.82 Å². The smallest absolute Gasteiger partial charge is 0.254 e. The van der Waals surface area contributed by atoms with E-state index in [-0.39, 0.29) is 24.0 Å².